The van der Waals surface area contributed by atoms with E-state index in [2.05, 4.69) is 5.10 Å². The molecule has 0 aliphatic carbocycles. The Hall–Kier alpha value is -1.52. The van der Waals surface area contributed by atoms with Crippen molar-refractivity contribution in [2.45, 2.75) is 20.8 Å². The molecule has 0 radical (unpaired) electrons. The molecular weight excluding hydrogens is 168 g/mol. The first-order valence-electron chi connectivity index (χ1n) is 4.20. The van der Waals surface area contributed by atoms with Gasteiger partial charge in [0.1, 0.15) is 0 Å². The Morgan fingerprint density at radius 2 is 2.00 bits per heavy atom. The van der Waals surface area contributed by atoms with Gasteiger partial charge in [-0.1, -0.05) is 19.9 Å². The van der Waals surface area contributed by atoms with Crippen LogP contribution in [0, 0.1) is 0 Å². The van der Waals surface area contributed by atoms with Crippen molar-refractivity contribution in [2.24, 2.45) is 7.05 Å². The summed E-state index contributed by atoms with van der Waals surface area (Å²) in [6.07, 6.45) is 3.51. The third-order valence-corrected chi connectivity index (χ3v) is 1.35. The molecule has 1 aromatic heterocycles. The first-order chi connectivity index (χ1) is 6.16. The number of nitrogen functional groups attached to an aromatic ring is 1. The van der Waals surface area contributed by atoms with E-state index in [1.165, 1.54) is 4.57 Å². The van der Waals surface area contributed by atoms with Crippen LogP contribution in [0.1, 0.15) is 26.6 Å². The molecule has 0 spiro atoms. The second-order valence-corrected chi connectivity index (χ2v) is 2.14. The Morgan fingerprint density at radius 1 is 1.46 bits per heavy atom. The van der Waals surface area contributed by atoms with Gasteiger partial charge in [0, 0.05) is 7.05 Å². The molecule has 2 N–H and O–H groups in total. The average Bonchev–Trinajstić information content (AvgIpc) is 2.38. The minimum absolute atomic E-state index is 0.321. The fraction of sp³-hybridized carbons (Fsp3) is 0.500. The summed E-state index contributed by atoms with van der Waals surface area (Å²) >= 11 is 0. The molecule has 0 aromatic carbocycles. The molecule has 0 unspecified atom stereocenters. The van der Waals surface area contributed by atoms with E-state index in [0.717, 1.165) is 4.79 Å². The molecule has 1 heterocycles. The van der Waals surface area contributed by atoms with Crippen LogP contribution >= 0.6 is 0 Å². The van der Waals surface area contributed by atoms with E-state index >= 15 is 0 Å². The van der Waals surface area contributed by atoms with Gasteiger partial charge >= 0.3 is 5.69 Å². The molecule has 0 saturated carbocycles. The van der Waals surface area contributed by atoms with E-state index in [1.54, 1.807) is 19.2 Å². The molecule has 0 amide bonds. The highest BCUT2D eigenvalue weighted by atomic mass is 16.2. The van der Waals surface area contributed by atoms with E-state index in [4.69, 9.17) is 5.84 Å². The quantitative estimate of drug-likeness (QED) is 0.641. The summed E-state index contributed by atoms with van der Waals surface area (Å²) in [5, 5.41) is 3.76. The van der Waals surface area contributed by atoms with Gasteiger partial charge in [-0.25, -0.2) is 4.79 Å². The van der Waals surface area contributed by atoms with Crippen molar-refractivity contribution in [3.05, 3.63) is 22.4 Å². The zero-order valence-corrected chi connectivity index (χ0v) is 8.48. The fourth-order valence-electron chi connectivity index (χ4n) is 0.766. The van der Waals surface area contributed by atoms with Crippen molar-refractivity contribution in [3.8, 4) is 0 Å². The molecule has 5 nitrogen and oxygen atoms in total. The standard InChI is InChI=1S/C6H10N4O.C2H6/c1-3-4-5-8-10(7)6(11)9(5)2;1-2/h3-4H,7H2,1-2H3;1-2H3/b4-3-;. The number of hydrogen-bond acceptors (Lipinski definition) is 3. The first-order valence-corrected chi connectivity index (χ1v) is 4.20. The molecule has 74 valence electrons. The molecule has 1 rings (SSSR count). The van der Waals surface area contributed by atoms with Gasteiger partial charge in [0.25, 0.3) is 0 Å². The second kappa shape index (κ2) is 5.18. The zero-order chi connectivity index (χ0) is 10.4. The number of rotatable bonds is 1. The number of nitrogens with zero attached hydrogens (tertiary/aromatic N) is 3. The predicted octanol–water partition coefficient (Wildman–Crippen LogP) is 0.355. The van der Waals surface area contributed by atoms with Crippen molar-refractivity contribution in [1.82, 2.24) is 14.5 Å². The monoisotopic (exact) mass is 184 g/mol. The summed E-state index contributed by atoms with van der Waals surface area (Å²) in [6.45, 7) is 5.85. The maximum Gasteiger partial charge on any atom is 0.365 e. The SMILES string of the molecule is C/C=C\c1nn(N)c(=O)n1C.CC. The van der Waals surface area contributed by atoms with Crippen molar-refractivity contribution in [3.63, 3.8) is 0 Å². The van der Waals surface area contributed by atoms with E-state index in [1.807, 2.05) is 20.8 Å². The van der Waals surface area contributed by atoms with Crippen molar-refractivity contribution < 1.29 is 0 Å². The summed E-state index contributed by atoms with van der Waals surface area (Å²) in [5.41, 5.74) is -0.321. The Kier molecular flexibility index (Phi) is 4.58. The largest absolute Gasteiger partial charge is 0.365 e. The van der Waals surface area contributed by atoms with Crippen LogP contribution in [0.15, 0.2) is 10.9 Å². The molecular formula is C8H16N4O. The normalized spacial score (nSPS) is 9.85. The van der Waals surface area contributed by atoms with Crippen LogP contribution in [-0.2, 0) is 7.05 Å². The first kappa shape index (κ1) is 11.5. The minimum atomic E-state index is -0.321. The maximum absolute atomic E-state index is 11.0. The van der Waals surface area contributed by atoms with Gasteiger partial charge in [-0.15, -0.1) is 9.89 Å². The van der Waals surface area contributed by atoms with E-state index in [0.29, 0.717) is 5.82 Å². The van der Waals surface area contributed by atoms with Crippen LogP contribution < -0.4 is 11.5 Å². The van der Waals surface area contributed by atoms with Crippen molar-refractivity contribution in [2.75, 3.05) is 5.84 Å². The summed E-state index contributed by atoms with van der Waals surface area (Å²) in [6, 6.07) is 0. The summed E-state index contributed by atoms with van der Waals surface area (Å²) < 4.78 is 1.38. The topological polar surface area (TPSA) is 65.8 Å². The van der Waals surface area contributed by atoms with Gasteiger partial charge in [-0.3, -0.25) is 4.57 Å². The lowest BCUT2D eigenvalue weighted by Gasteiger charge is -1.86. The molecule has 0 saturated heterocycles. The molecule has 0 atom stereocenters. The molecule has 5 heteroatoms. The Labute approximate surface area is 77.4 Å². The molecule has 1 aromatic rings. The van der Waals surface area contributed by atoms with Gasteiger partial charge < -0.3 is 5.84 Å². The lowest BCUT2D eigenvalue weighted by Crippen LogP contribution is -2.28. The van der Waals surface area contributed by atoms with E-state index in [-0.39, 0.29) is 5.69 Å². The highest BCUT2D eigenvalue weighted by Gasteiger charge is 2.02. The highest BCUT2D eigenvalue weighted by molar-refractivity contribution is 5.38. The van der Waals surface area contributed by atoms with Gasteiger partial charge in [0.2, 0.25) is 0 Å². The summed E-state index contributed by atoms with van der Waals surface area (Å²) in [4.78, 5) is 11.8. The maximum atomic E-state index is 11.0. The molecule has 0 bridgehead atoms. The molecule has 0 aliphatic rings. The Bertz CT molecular complexity index is 334. The molecule has 13 heavy (non-hydrogen) atoms. The van der Waals surface area contributed by atoms with Crippen LogP contribution in [0.2, 0.25) is 0 Å². The number of hydrogen-bond donors (Lipinski definition) is 1. The fourth-order valence-corrected chi connectivity index (χ4v) is 0.766. The molecule has 0 fully saturated rings. The third kappa shape index (κ3) is 2.47. The van der Waals surface area contributed by atoms with Gasteiger partial charge in [0.15, 0.2) is 5.82 Å². The van der Waals surface area contributed by atoms with Crippen LogP contribution in [0.5, 0.6) is 0 Å². The van der Waals surface area contributed by atoms with Crippen molar-refractivity contribution >= 4 is 6.08 Å². The van der Waals surface area contributed by atoms with Gasteiger partial charge in [-0.05, 0) is 13.0 Å². The molecule has 0 aliphatic heterocycles. The van der Waals surface area contributed by atoms with Gasteiger partial charge in [0.05, 0.1) is 0 Å². The zero-order valence-electron chi connectivity index (χ0n) is 8.48. The van der Waals surface area contributed by atoms with Crippen molar-refractivity contribution in [1.29, 1.82) is 0 Å². The van der Waals surface area contributed by atoms with Crippen LogP contribution in [-0.4, -0.2) is 14.5 Å². The minimum Gasteiger partial charge on any atom is -0.318 e. The number of nitrogens with two attached hydrogens (primary N) is 1. The van der Waals surface area contributed by atoms with E-state index < -0.39 is 0 Å². The average molecular weight is 184 g/mol. The van der Waals surface area contributed by atoms with E-state index in [9.17, 15) is 4.79 Å². The van der Waals surface area contributed by atoms with Crippen LogP contribution in [0.4, 0.5) is 0 Å². The number of allylic oxidation sites excluding steroid dienone is 1. The Balaban J connectivity index is 0.000000671. The summed E-state index contributed by atoms with van der Waals surface area (Å²) in [7, 11) is 1.62. The lowest BCUT2D eigenvalue weighted by atomic mass is 10.5. The van der Waals surface area contributed by atoms with Crippen LogP contribution in [0.25, 0.3) is 6.08 Å². The van der Waals surface area contributed by atoms with Crippen LogP contribution in [0.3, 0.4) is 0 Å². The second-order valence-electron chi connectivity index (χ2n) is 2.14. The van der Waals surface area contributed by atoms with Gasteiger partial charge in [-0.2, -0.15) is 0 Å². The summed E-state index contributed by atoms with van der Waals surface area (Å²) in [5.74, 6) is 5.77. The highest BCUT2D eigenvalue weighted by Crippen LogP contribution is 1.90. The lowest BCUT2D eigenvalue weighted by molar-refractivity contribution is 0.764. The predicted molar refractivity (Wildman–Crippen MR) is 53.7 cm³/mol. The Morgan fingerprint density at radius 3 is 2.31 bits per heavy atom. The number of aromatic nitrogens is 3. The third-order valence-electron chi connectivity index (χ3n) is 1.35. The smallest absolute Gasteiger partial charge is 0.318 e.